The Morgan fingerprint density at radius 2 is 2.00 bits per heavy atom. The third kappa shape index (κ3) is 4.49. The molecular weight excluding hydrogens is 320 g/mol. The van der Waals surface area contributed by atoms with E-state index in [1.807, 2.05) is 27.1 Å². The van der Waals surface area contributed by atoms with E-state index in [4.69, 9.17) is 0 Å². The second-order valence-corrected chi connectivity index (χ2v) is 5.52. The Hall–Kier alpha value is -1.62. The number of hydrogen-bond acceptors (Lipinski definition) is 3. The van der Waals surface area contributed by atoms with E-state index in [9.17, 15) is 9.59 Å². The van der Waals surface area contributed by atoms with Crippen molar-refractivity contribution >= 4 is 33.3 Å². The number of carbonyl (C=O) groups excluding carboxylic acids is 2. The molecule has 1 aromatic rings. The summed E-state index contributed by atoms with van der Waals surface area (Å²) < 4.78 is 0.871. The molecule has 0 spiro atoms. The Morgan fingerprint density at radius 1 is 1.35 bits per heavy atom. The van der Waals surface area contributed by atoms with Gasteiger partial charge in [-0.3, -0.25) is 9.59 Å². The highest BCUT2D eigenvalue weighted by Gasteiger charge is 2.13. The lowest BCUT2D eigenvalue weighted by atomic mass is 10.0. The molecule has 4 nitrogen and oxygen atoms in total. The molecular formula is C15H19BrN2O2. The molecule has 0 radical (unpaired) electrons. The monoisotopic (exact) mass is 338 g/mol. The number of rotatable bonds is 5. The van der Waals surface area contributed by atoms with E-state index >= 15 is 0 Å². The number of nitrogens with zero attached hydrogens (tertiary/aromatic N) is 1. The lowest BCUT2D eigenvalue weighted by molar-refractivity contribution is -0.114. The van der Waals surface area contributed by atoms with Crippen LogP contribution in [0.3, 0.4) is 0 Å². The Kier molecular flexibility index (Phi) is 5.95. The van der Waals surface area contributed by atoms with E-state index in [0.717, 1.165) is 16.5 Å². The van der Waals surface area contributed by atoms with Gasteiger partial charge in [0, 0.05) is 43.3 Å². The molecule has 0 fully saturated rings. The summed E-state index contributed by atoms with van der Waals surface area (Å²) in [6.45, 7) is 3.45. The average Bonchev–Trinajstić information content (AvgIpc) is 2.36. The predicted octanol–water partition coefficient (Wildman–Crippen LogP) is 3.23. The van der Waals surface area contributed by atoms with Crippen LogP contribution in [0.2, 0.25) is 0 Å². The van der Waals surface area contributed by atoms with Gasteiger partial charge < -0.3 is 10.2 Å². The molecule has 0 aliphatic carbocycles. The van der Waals surface area contributed by atoms with Crippen LogP contribution in [0.1, 0.15) is 29.8 Å². The minimum atomic E-state index is -0.194. The Bertz CT molecular complexity index is 551. The van der Waals surface area contributed by atoms with Gasteiger partial charge in [-0.15, -0.1) is 0 Å². The van der Waals surface area contributed by atoms with Gasteiger partial charge in [0.1, 0.15) is 0 Å². The molecule has 0 bridgehead atoms. The number of amides is 1. The van der Waals surface area contributed by atoms with E-state index in [0.29, 0.717) is 11.3 Å². The molecule has 1 rings (SSSR count). The maximum absolute atomic E-state index is 12.2. The zero-order valence-electron chi connectivity index (χ0n) is 12.2. The van der Waals surface area contributed by atoms with Gasteiger partial charge in [-0.25, -0.2) is 0 Å². The van der Waals surface area contributed by atoms with Gasteiger partial charge in [0.2, 0.25) is 5.91 Å². The second kappa shape index (κ2) is 7.24. The summed E-state index contributed by atoms with van der Waals surface area (Å²) >= 11 is 3.46. The number of aryl methyl sites for hydroxylation is 1. The van der Waals surface area contributed by atoms with Crippen LogP contribution >= 0.6 is 15.9 Å². The van der Waals surface area contributed by atoms with Gasteiger partial charge in [0.25, 0.3) is 0 Å². The minimum absolute atomic E-state index is 0.147. The summed E-state index contributed by atoms with van der Waals surface area (Å²) in [7, 11) is 3.68. The van der Waals surface area contributed by atoms with Gasteiger partial charge in [-0.05, 0) is 24.1 Å². The highest BCUT2D eigenvalue weighted by molar-refractivity contribution is 9.10. The maximum Gasteiger partial charge on any atom is 0.221 e. The molecule has 0 aliphatic rings. The lowest BCUT2D eigenvalue weighted by Gasteiger charge is -2.12. The third-order valence-corrected chi connectivity index (χ3v) is 3.41. The quantitative estimate of drug-likeness (QED) is 0.662. The largest absolute Gasteiger partial charge is 0.383 e. The van der Waals surface area contributed by atoms with Crippen molar-refractivity contribution in [1.29, 1.82) is 0 Å². The summed E-state index contributed by atoms with van der Waals surface area (Å²) in [4.78, 5) is 25.3. The van der Waals surface area contributed by atoms with Gasteiger partial charge in [0.05, 0.1) is 5.69 Å². The van der Waals surface area contributed by atoms with Crippen LogP contribution in [0.5, 0.6) is 0 Å². The fourth-order valence-electron chi connectivity index (χ4n) is 1.69. The van der Waals surface area contributed by atoms with Crippen LogP contribution in [-0.2, 0) is 11.2 Å². The van der Waals surface area contributed by atoms with Crippen LogP contribution in [0.4, 0.5) is 5.69 Å². The second-order valence-electron chi connectivity index (χ2n) is 4.67. The highest BCUT2D eigenvalue weighted by atomic mass is 79.9. The molecule has 0 atom stereocenters. The van der Waals surface area contributed by atoms with Gasteiger partial charge in [-0.2, -0.15) is 0 Å². The van der Waals surface area contributed by atoms with Crippen LogP contribution in [0.15, 0.2) is 28.9 Å². The summed E-state index contributed by atoms with van der Waals surface area (Å²) in [6.07, 6.45) is 3.98. The number of allylic oxidation sites excluding steroid dienone is 1. The Balaban J connectivity index is 3.25. The number of hydrogen-bond donors (Lipinski definition) is 1. The molecule has 1 N–H and O–H groups in total. The van der Waals surface area contributed by atoms with Crippen molar-refractivity contribution in [2.45, 2.75) is 20.3 Å². The summed E-state index contributed by atoms with van der Waals surface area (Å²) in [5, 5.41) is 2.72. The van der Waals surface area contributed by atoms with Gasteiger partial charge in [-0.1, -0.05) is 22.9 Å². The normalized spacial score (nSPS) is 10.7. The fourth-order valence-corrected chi connectivity index (χ4v) is 2.32. The molecule has 0 unspecified atom stereocenters. The molecule has 1 amide bonds. The number of anilines is 1. The zero-order chi connectivity index (χ0) is 15.3. The molecule has 0 saturated carbocycles. The number of ketones is 1. The standard InChI is InChI=1S/C15H19BrN2O2/c1-5-11-8-14(17-10(2)19)12(9-13(11)16)15(20)6-7-18(3)4/h6-9H,5H2,1-4H3,(H,17,19). The first-order valence-electron chi connectivity index (χ1n) is 6.34. The van der Waals surface area contributed by atoms with Crippen LogP contribution in [0.25, 0.3) is 0 Å². The molecule has 0 heterocycles. The molecule has 20 heavy (non-hydrogen) atoms. The van der Waals surface area contributed by atoms with Crippen LogP contribution in [0, 0.1) is 0 Å². The van der Waals surface area contributed by atoms with E-state index in [1.165, 1.54) is 13.0 Å². The number of benzene rings is 1. The zero-order valence-corrected chi connectivity index (χ0v) is 13.7. The van der Waals surface area contributed by atoms with Crippen LogP contribution < -0.4 is 5.32 Å². The van der Waals surface area contributed by atoms with Gasteiger partial charge in [0.15, 0.2) is 5.78 Å². The molecule has 1 aromatic carbocycles. The van der Waals surface area contributed by atoms with Crippen molar-refractivity contribution in [2.24, 2.45) is 0 Å². The minimum Gasteiger partial charge on any atom is -0.383 e. The van der Waals surface area contributed by atoms with Crippen molar-refractivity contribution < 1.29 is 9.59 Å². The SMILES string of the molecule is CCc1cc(NC(C)=O)c(C(=O)C=CN(C)C)cc1Br. The first kappa shape index (κ1) is 16.4. The smallest absolute Gasteiger partial charge is 0.221 e. The van der Waals surface area contributed by atoms with Crippen molar-refractivity contribution in [1.82, 2.24) is 4.90 Å². The van der Waals surface area contributed by atoms with Crippen molar-refractivity contribution in [3.63, 3.8) is 0 Å². The Morgan fingerprint density at radius 3 is 2.50 bits per heavy atom. The summed E-state index contributed by atoms with van der Waals surface area (Å²) in [5.74, 6) is -0.342. The number of carbonyl (C=O) groups is 2. The average molecular weight is 339 g/mol. The lowest BCUT2D eigenvalue weighted by Crippen LogP contribution is -2.11. The van der Waals surface area contributed by atoms with Crippen molar-refractivity contribution in [3.05, 3.63) is 40.0 Å². The first-order chi connectivity index (χ1) is 9.35. The topological polar surface area (TPSA) is 49.4 Å². The molecule has 0 saturated heterocycles. The first-order valence-corrected chi connectivity index (χ1v) is 7.13. The molecule has 5 heteroatoms. The van der Waals surface area contributed by atoms with E-state index in [2.05, 4.69) is 21.2 Å². The van der Waals surface area contributed by atoms with E-state index in [-0.39, 0.29) is 11.7 Å². The van der Waals surface area contributed by atoms with Gasteiger partial charge >= 0.3 is 0 Å². The third-order valence-electron chi connectivity index (χ3n) is 2.67. The van der Waals surface area contributed by atoms with Crippen molar-refractivity contribution in [3.8, 4) is 0 Å². The van der Waals surface area contributed by atoms with Crippen molar-refractivity contribution in [2.75, 3.05) is 19.4 Å². The van der Waals surface area contributed by atoms with E-state index in [1.54, 1.807) is 17.2 Å². The van der Waals surface area contributed by atoms with E-state index < -0.39 is 0 Å². The summed E-state index contributed by atoms with van der Waals surface area (Å²) in [6, 6.07) is 3.59. The molecule has 108 valence electrons. The number of nitrogens with one attached hydrogen (secondary N) is 1. The number of halogens is 1. The summed E-state index contributed by atoms with van der Waals surface area (Å²) in [5.41, 5.74) is 2.07. The molecule has 0 aliphatic heterocycles. The maximum atomic E-state index is 12.2. The predicted molar refractivity (Wildman–Crippen MR) is 85.0 cm³/mol. The highest BCUT2D eigenvalue weighted by Crippen LogP contribution is 2.27. The molecule has 0 aromatic heterocycles. The Labute approximate surface area is 128 Å². The van der Waals surface area contributed by atoms with Crippen LogP contribution in [-0.4, -0.2) is 30.7 Å². The fraction of sp³-hybridized carbons (Fsp3) is 0.333.